The Hall–Kier alpha value is -3.53. The Kier molecular flexibility index (Phi) is 3.50. The molecule has 4 nitrogen and oxygen atoms in total. The summed E-state index contributed by atoms with van der Waals surface area (Å²) in [6, 6.07) is 18.8. The van der Waals surface area contributed by atoms with Gasteiger partial charge in [-0.1, -0.05) is 48.5 Å². The monoisotopic (exact) mass is 352 g/mol. The zero-order valence-electron chi connectivity index (χ0n) is 14.6. The highest BCUT2D eigenvalue weighted by molar-refractivity contribution is 6.26. The molecule has 130 valence electrons. The van der Waals surface area contributed by atoms with Crippen molar-refractivity contribution in [2.24, 2.45) is 0 Å². The van der Waals surface area contributed by atoms with Crippen LogP contribution in [0.4, 0.5) is 0 Å². The molecule has 2 aromatic heterocycles. The first kappa shape index (κ1) is 15.7. The van der Waals surface area contributed by atoms with Crippen LogP contribution in [0.2, 0.25) is 0 Å². The molecule has 2 heterocycles. The molecule has 4 aromatic rings. The number of carbonyl (C=O) groups is 1. The number of hydrogen-bond acceptors (Lipinski definition) is 3. The molecule has 1 aliphatic carbocycles. The topological polar surface area (TPSA) is 52.0 Å². The van der Waals surface area contributed by atoms with E-state index < -0.39 is 0 Å². The molecule has 0 aliphatic heterocycles. The number of aromatic nitrogens is 2. The molecule has 0 bridgehead atoms. The Morgan fingerprint density at radius 2 is 1.56 bits per heavy atom. The lowest BCUT2D eigenvalue weighted by Gasteiger charge is -2.15. The van der Waals surface area contributed by atoms with Crippen LogP contribution in [-0.4, -0.2) is 15.3 Å². The summed E-state index contributed by atoms with van der Waals surface area (Å²) >= 11 is 0. The Morgan fingerprint density at radius 1 is 0.815 bits per heavy atom. The van der Waals surface area contributed by atoms with Crippen LogP contribution in [-0.2, 0) is 13.0 Å². The summed E-state index contributed by atoms with van der Waals surface area (Å²) in [5, 5.41) is 1.32. The molecule has 0 saturated heterocycles. The predicted molar refractivity (Wildman–Crippen MR) is 105 cm³/mol. The quantitative estimate of drug-likeness (QED) is 0.496. The zero-order chi connectivity index (χ0) is 18.4. The largest absolute Gasteiger partial charge is 0.307 e. The van der Waals surface area contributed by atoms with E-state index in [1.165, 1.54) is 0 Å². The van der Waals surface area contributed by atoms with Crippen molar-refractivity contribution in [2.75, 3.05) is 0 Å². The van der Waals surface area contributed by atoms with Crippen LogP contribution >= 0.6 is 0 Å². The van der Waals surface area contributed by atoms with Crippen LogP contribution < -0.4 is 5.56 Å². The van der Waals surface area contributed by atoms with E-state index in [1.807, 2.05) is 60.8 Å². The number of rotatable bonds is 3. The molecule has 27 heavy (non-hydrogen) atoms. The van der Waals surface area contributed by atoms with Crippen molar-refractivity contribution < 1.29 is 4.79 Å². The lowest BCUT2D eigenvalue weighted by atomic mass is 10.0. The molecule has 0 saturated carbocycles. The van der Waals surface area contributed by atoms with Crippen molar-refractivity contribution in [1.29, 1.82) is 0 Å². The third kappa shape index (κ3) is 2.34. The summed E-state index contributed by atoms with van der Waals surface area (Å²) in [7, 11) is 0. The van der Waals surface area contributed by atoms with Gasteiger partial charge in [0.2, 0.25) is 0 Å². The number of ketones is 1. The minimum absolute atomic E-state index is 0.00747. The third-order valence-electron chi connectivity index (χ3n) is 5.18. The van der Waals surface area contributed by atoms with Gasteiger partial charge >= 0.3 is 0 Å². The van der Waals surface area contributed by atoms with Gasteiger partial charge in [-0.05, 0) is 24.1 Å². The van der Waals surface area contributed by atoms with E-state index in [4.69, 9.17) is 0 Å². The number of fused-ring (bicyclic) bond motifs is 5. The number of nitrogens with zero attached hydrogens (tertiary/aromatic N) is 2. The van der Waals surface area contributed by atoms with Crippen molar-refractivity contribution >= 4 is 16.6 Å². The number of pyridine rings is 2. The Labute approximate surface area is 155 Å². The number of carbonyl (C=O) groups excluding carboxylic acids is 1. The summed E-state index contributed by atoms with van der Waals surface area (Å²) < 4.78 is 1.76. The fourth-order valence-electron chi connectivity index (χ4n) is 3.93. The molecule has 2 aromatic carbocycles. The minimum Gasteiger partial charge on any atom is -0.307 e. The Bertz CT molecular complexity index is 1260. The highest BCUT2D eigenvalue weighted by Gasteiger charge is 2.32. The minimum atomic E-state index is -0.0576. The van der Waals surface area contributed by atoms with Gasteiger partial charge in [-0.3, -0.25) is 14.6 Å². The average molecular weight is 352 g/mol. The van der Waals surface area contributed by atoms with E-state index in [-0.39, 0.29) is 11.3 Å². The van der Waals surface area contributed by atoms with E-state index in [0.29, 0.717) is 29.5 Å². The van der Waals surface area contributed by atoms with Crippen molar-refractivity contribution in [1.82, 2.24) is 9.55 Å². The first-order valence-corrected chi connectivity index (χ1v) is 8.94. The smallest absolute Gasteiger partial charge is 0.258 e. The first-order chi connectivity index (χ1) is 13.3. The molecule has 0 spiro atoms. The number of benzene rings is 2. The molecule has 0 radical (unpaired) electrons. The van der Waals surface area contributed by atoms with E-state index in [9.17, 15) is 9.59 Å². The molecule has 4 heteroatoms. The van der Waals surface area contributed by atoms with Gasteiger partial charge in [0.05, 0.1) is 11.3 Å². The van der Waals surface area contributed by atoms with E-state index >= 15 is 0 Å². The lowest BCUT2D eigenvalue weighted by Crippen LogP contribution is -2.24. The summed E-state index contributed by atoms with van der Waals surface area (Å²) in [6.45, 7) is 0.499. The van der Waals surface area contributed by atoms with Crippen molar-refractivity contribution in [3.05, 3.63) is 100 Å². The van der Waals surface area contributed by atoms with Gasteiger partial charge in [-0.15, -0.1) is 0 Å². The SMILES string of the molecule is O=C1c2ccccc2-c2c1c1ccccc1c(=O)n2CCc1cccnc1. The van der Waals surface area contributed by atoms with Crippen molar-refractivity contribution in [3.8, 4) is 11.3 Å². The number of aryl methyl sites for hydroxylation is 1. The molecule has 0 amide bonds. The van der Waals surface area contributed by atoms with Gasteiger partial charge in [-0.2, -0.15) is 0 Å². The van der Waals surface area contributed by atoms with Crippen molar-refractivity contribution in [3.63, 3.8) is 0 Å². The summed E-state index contributed by atoms with van der Waals surface area (Å²) in [5.74, 6) is -0.00747. The molecular weight excluding hydrogens is 336 g/mol. The van der Waals surface area contributed by atoms with Gasteiger partial charge < -0.3 is 4.57 Å². The van der Waals surface area contributed by atoms with Gasteiger partial charge in [0, 0.05) is 40.8 Å². The van der Waals surface area contributed by atoms with Crippen LogP contribution in [0.25, 0.3) is 22.0 Å². The molecule has 0 unspecified atom stereocenters. The van der Waals surface area contributed by atoms with Crippen LogP contribution in [0.3, 0.4) is 0 Å². The van der Waals surface area contributed by atoms with E-state index in [1.54, 1.807) is 16.8 Å². The predicted octanol–water partition coefficient (Wildman–Crippen LogP) is 3.85. The van der Waals surface area contributed by atoms with Crippen LogP contribution in [0.1, 0.15) is 21.5 Å². The van der Waals surface area contributed by atoms with Gasteiger partial charge in [0.15, 0.2) is 5.78 Å². The van der Waals surface area contributed by atoms with E-state index in [0.717, 1.165) is 22.2 Å². The average Bonchev–Trinajstić information content (AvgIpc) is 3.02. The Morgan fingerprint density at radius 3 is 2.33 bits per heavy atom. The molecule has 0 N–H and O–H groups in total. The van der Waals surface area contributed by atoms with Crippen molar-refractivity contribution in [2.45, 2.75) is 13.0 Å². The van der Waals surface area contributed by atoms with Gasteiger partial charge in [-0.25, -0.2) is 0 Å². The standard InChI is InChI=1S/C23H16N2O2/c26-22-18-9-3-2-8-17(18)21-20(22)16-7-1-4-10-19(16)23(27)25(21)13-11-15-6-5-12-24-14-15/h1-10,12,14H,11,13H2. The fraction of sp³-hybridized carbons (Fsp3) is 0.0870. The van der Waals surface area contributed by atoms with Crippen LogP contribution in [0.15, 0.2) is 77.9 Å². The second-order valence-corrected chi connectivity index (χ2v) is 6.71. The van der Waals surface area contributed by atoms with Crippen LogP contribution in [0, 0.1) is 0 Å². The summed E-state index contributed by atoms with van der Waals surface area (Å²) in [6.07, 6.45) is 4.22. The van der Waals surface area contributed by atoms with Gasteiger partial charge in [0.25, 0.3) is 5.56 Å². The lowest BCUT2D eigenvalue weighted by molar-refractivity contribution is 0.104. The highest BCUT2D eigenvalue weighted by Crippen LogP contribution is 2.39. The van der Waals surface area contributed by atoms with E-state index in [2.05, 4.69) is 4.98 Å². The maximum atomic E-state index is 13.3. The fourth-order valence-corrected chi connectivity index (χ4v) is 3.93. The second kappa shape index (κ2) is 6.02. The molecule has 1 aliphatic rings. The molecule has 0 atom stereocenters. The van der Waals surface area contributed by atoms with Crippen LogP contribution in [0.5, 0.6) is 0 Å². The summed E-state index contributed by atoms with van der Waals surface area (Å²) in [5.41, 5.74) is 3.88. The van der Waals surface area contributed by atoms with Gasteiger partial charge in [0.1, 0.15) is 0 Å². The maximum absolute atomic E-state index is 13.3. The third-order valence-corrected chi connectivity index (χ3v) is 5.18. The summed E-state index contributed by atoms with van der Waals surface area (Å²) in [4.78, 5) is 30.5. The molecular formula is C23H16N2O2. The molecule has 5 rings (SSSR count). The molecule has 0 fully saturated rings. The first-order valence-electron chi connectivity index (χ1n) is 8.94. The maximum Gasteiger partial charge on any atom is 0.258 e. The second-order valence-electron chi connectivity index (χ2n) is 6.71. The normalized spacial score (nSPS) is 12.2. The Balaban J connectivity index is 1.78. The zero-order valence-corrected chi connectivity index (χ0v) is 14.6. The highest BCUT2D eigenvalue weighted by atomic mass is 16.1. The number of hydrogen-bond donors (Lipinski definition) is 0.